The summed E-state index contributed by atoms with van der Waals surface area (Å²) in [5, 5.41) is 16.5. The highest BCUT2D eigenvalue weighted by Gasteiger charge is 2.32. The molecule has 0 saturated carbocycles. The van der Waals surface area contributed by atoms with Gasteiger partial charge in [0.05, 0.1) is 33.4 Å². The Morgan fingerprint density at radius 1 is 1.15 bits per heavy atom. The Balaban J connectivity index is 1.99. The fourth-order valence-electron chi connectivity index (χ4n) is 2.64. The van der Waals surface area contributed by atoms with Gasteiger partial charge in [0.15, 0.2) is 5.82 Å². The first-order valence-electron chi connectivity index (χ1n) is 9.14. The van der Waals surface area contributed by atoms with E-state index in [0.717, 1.165) is 6.33 Å². The monoisotopic (exact) mass is 482 g/mol. The van der Waals surface area contributed by atoms with Crippen molar-refractivity contribution in [2.24, 2.45) is 0 Å². The van der Waals surface area contributed by atoms with Gasteiger partial charge in [-0.05, 0) is 25.1 Å². The minimum Gasteiger partial charge on any atom is -0.462 e. The Morgan fingerprint density at radius 2 is 1.82 bits per heavy atom. The number of pyridine rings is 1. The number of aromatic nitrogens is 3. The molecular formula is C19H14ClF3N6O4. The van der Waals surface area contributed by atoms with Gasteiger partial charge in [-0.3, -0.25) is 10.1 Å². The van der Waals surface area contributed by atoms with E-state index in [1.54, 1.807) is 19.1 Å². The number of carbonyl (C=O) groups is 1. The van der Waals surface area contributed by atoms with Crippen LogP contribution in [-0.4, -0.2) is 32.5 Å². The van der Waals surface area contributed by atoms with Gasteiger partial charge in [0, 0.05) is 6.20 Å². The number of benzene rings is 1. The van der Waals surface area contributed by atoms with Crippen molar-refractivity contribution in [1.82, 2.24) is 15.0 Å². The van der Waals surface area contributed by atoms with Crippen molar-refractivity contribution in [3.8, 4) is 0 Å². The first kappa shape index (κ1) is 23.7. The molecule has 0 saturated heterocycles. The lowest BCUT2D eigenvalue weighted by atomic mass is 10.2. The van der Waals surface area contributed by atoms with Crippen molar-refractivity contribution in [3.63, 3.8) is 0 Å². The number of hydrogen-bond donors (Lipinski definition) is 2. The molecule has 2 N–H and O–H groups in total. The molecule has 2 heterocycles. The molecule has 0 bridgehead atoms. The Bertz CT molecular complexity index is 1210. The van der Waals surface area contributed by atoms with Gasteiger partial charge in [0.2, 0.25) is 11.6 Å². The summed E-state index contributed by atoms with van der Waals surface area (Å²) in [5.41, 5.74) is -1.47. The van der Waals surface area contributed by atoms with Gasteiger partial charge in [-0.1, -0.05) is 23.7 Å². The van der Waals surface area contributed by atoms with E-state index in [4.69, 9.17) is 16.3 Å². The van der Waals surface area contributed by atoms with Gasteiger partial charge in [0.1, 0.15) is 6.33 Å². The Morgan fingerprint density at radius 3 is 2.42 bits per heavy atom. The van der Waals surface area contributed by atoms with Crippen molar-refractivity contribution in [1.29, 1.82) is 0 Å². The van der Waals surface area contributed by atoms with Crippen LogP contribution in [-0.2, 0) is 10.9 Å². The predicted molar refractivity (Wildman–Crippen MR) is 112 cm³/mol. The molecule has 0 spiro atoms. The number of ether oxygens (including phenoxy) is 1. The van der Waals surface area contributed by atoms with Crippen LogP contribution < -0.4 is 10.6 Å². The first-order valence-corrected chi connectivity index (χ1v) is 9.52. The smallest absolute Gasteiger partial charge is 0.417 e. The number of hydrogen-bond acceptors (Lipinski definition) is 9. The van der Waals surface area contributed by atoms with Gasteiger partial charge in [-0.15, -0.1) is 0 Å². The van der Waals surface area contributed by atoms with Crippen LogP contribution in [0.1, 0.15) is 22.8 Å². The molecule has 172 valence electrons. The quantitative estimate of drug-likeness (QED) is 0.267. The van der Waals surface area contributed by atoms with Crippen LogP contribution in [0, 0.1) is 10.1 Å². The summed E-state index contributed by atoms with van der Waals surface area (Å²) < 4.78 is 43.4. The second-order valence-electron chi connectivity index (χ2n) is 6.24. The van der Waals surface area contributed by atoms with Gasteiger partial charge in [-0.2, -0.15) is 13.2 Å². The lowest BCUT2D eigenvalue weighted by Gasteiger charge is -2.13. The van der Waals surface area contributed by atoms with E-state index in [1.165, 1.54) is 12.1 Å². The molecule has 3 rings (SSSR count). The van der Waals surface area contributed by atoms with Crippen LogP contribution in [0.2, 0.25) is 5.02 Å². The van der Waals surface area contributed by atoms with Crippen LogP contribution in [0.25, 0.3) is 0 Å². The molecule has 2 aromatic heterocycles. The number of rotatable bonds is 7. The maximum absolute atomic E-state index is 12.8. The number of nitro groups is 1. The maximum Gasteiger partial charge on any atom is 0.417 e. The third-order valence-corrected chi connectivity index (χ3v) is 4.37. The van der Waals surface area contributed by atoms with Crippen LogP contribution in [0.3, 0.4) is 0 Å². The topological polar surface area (TPSA) is 132 Å². The number of alkyl halides is 3. The largest absolute Gasteiger partial charge is 0.462 e. The van der Waals surface area contributed by atoms with Gasteiger partial charge >= 0.3 is 17.8 Å². The van der Waals surface area contributed by atoms with E-state index in [0.29, 0.717) is 12.3 Å². The van der Waals surface area contributed by atoms with E-state index < -0.39 is 33.3 Å². The molecule has 0 atom stereocenters. The molecular weight excluding hydrogens is 469 g/mol. The second-order valence-corrected chi connectivity index (χ2v) is 6.65. The fourth-order valence-corrected chi connectivity index (χ4v) is 2.85. The van der Waals surface area contributed by atoms with Crippen LogP contribution >= 0.6 is 11.6 Å². The normalized spacial score (nSPS) is 11.1. The van der Waals surface area contributed by atoms with E-state index in [-0.39, 0.29) is 35.3 Å². The summed E-state index contributed by atoms with van der Waals surface area (Å²) in [7, 11) is 0. The molecule has 0 aliphatic rings. The molecule has 0 aliphatic carbocycles. The zero-order valence-electron chi connectivity index (χ0n) is 16.7. The Hall–Kier alpha value is -4.00. The SMILES string of the molecule is CCOC(=O)c1ccccc1Nc1ncnc(Nc2ncc(C(F)(F)F)cc2Cl)c1[N+](=O)[O-]. The van der Waals surface area contributed by atoms with Crippen LogP contribution in [0.5, 0.6) is 0 Å². The van der Waals surface area contributed by atoms with Gasteiger partial charge in [0.25, 0.3) is 0 Å². The zero-order valence-corrected chi connectivity index (χ0v) is 17.4. The highest BCUT2D eigenvalue weighted by Crippen LogP contribution is 2.36. The molecule has 1 aromatic carbocycles. The maximum atomic E-state index is 12.8. The molecule has 10 nitrogen and oxygen atoms in total. The molecule has 14 heteroatoms. The number of carbonyl (C=O) groups excluding carboxylic acids is 1. The lowest BCUT2D eigenvalue weighted by molar-refractivity contribution is -0.383. The first-order chi connectivity index (χ1) is 15.6. The van der Waals surface area contributed by atoms with Crippen LogP contribution in [0.4, 0.5) is 42.0 Å². The molecule has 3 aromatic rings. The Kier molecular flexibility index (Phi) is 6.92. The average molecular weight is 483 g/mol. The van der Waals surface area contributed by atoms with Crippen LogP contribution in [0.15, 0.2) is 42.9 Å². The number of anilines is 4. The van der Waals surface area contributed by atoms with Crippen molar-refractivity contribution in [2.45, 2.75) is 13.1 Å². The summed E-state index contributed by atoms with van der Waals surface area (Å²) in [6.07, 6.45) is -3.17. The third kappa shape index (κ3) is 5.44. The van der Waals surface area contributed by atoms with Crippen molar-refractivity contribution < 1.29 is 27.6 Å². The van der Waals surface area contributed by atoms with Crippen molar-refractivity contribution >= 4 is 46.4 Å². The zero-order chi connectivity index (χ0) is 24.2. The lowest BCUT2D eigenvalue weighted by Crippen LogP contribution is -2.10. The van der Waals surface area contributed by atoms with E-state index >= 15 is 0 Å². The molecule has 0 unspecified atom stereocenters. The van der Waals surface area contributed by atoms with E-state index in [2.05, 4.69) is 25.6 Å². The summed E-state index contributed by atoms with van der Waals surface area (Å²) in [6.45, 7) is 1.75. The molecule has 0 radical (unpaired) electrons. The fraction of sp³-hybridized carbons (Fsp3) is 0.158. The Labute approximate surface area is 188 Å². The van der Waals surface area contributed by atoms with E-state index in [9.17, 15) is 28.1 Å². The third-order valence-electron chi connectivity index (χ3n) is 4.09. The summed E-state index contributed by atoms with van der Waals surface area (Å²) in [5.74, 6) is -1.63. The molecule has 0 fully saturated rings. The molecule has 0 amide bonds. The highest BCUT2D eigenvalue weighted by atomic mass is 35.5. The number of nitrogens with zero attached hydrogens (tertiary/aromatic N) is 4. The minimum absolute atomic E-state index is 0.106. The number of nitrogens with one attached hydrogen (secondary N) is 2. The predicted octanol–water partition coefficient (Wildman–Crippen LogP) is 5.12. The number of para-hydroxylation sites is 1. The average Bonchev–Trinajstić information content (AvgIpc) is 2.75. The summed E-state index contributed by atoms with van der Waals surface area (Å²) in [4.78, 5) is 34.3. The summed E-state index contributed by atoms with van der Waals surface area (Å²) >= 11 is 5.87. The van der Waals surface area contributed by atoms with Crippen molar-refractivity contribution in [3.05, 3.63) is 69.1 Å². The van der Waals surface area contributed by atoms with Gasteiger partial charge in [-0.25, -0.2) is 19.7 Å². The highest BCUT2D eigenvalue weighted by molar-refractivity contribution is 6.33. The van der Waals surface area contributed by atoms with E-state index in [1.807, 2.05) is 0 Å². The van der Waals surface area contributed by atoms with Crippen molar-refractivity contribution in [2.75, 3.05) is 17.2 Å². The second kappa shape index (κ2) is 9.65. The number of halogens is 4. The minimum atomic E-state index is -4.67. The number of esters is 1. The summed E-state index contributed by atoms with van der Waals surface area (Å²) in [6, 6.07) is 6.73. The standard InChI is InChI=1S/C19H14ClF3N6O4/c1-2-33-18(30)11-5-3-4-6-13(11)27-16-14(29(31)32)17(26-9-25-16)28-15-12(20)7-10(8-24-15)19(21,22)23/h3-9H,2H2,1H3,(H2,24,25,26,27,28). The molecule has 0 aliphatic heterocycles. The van der Waals surface area contributed by atoms with Gasteiger partial charge < -0.3 is 15.4 Å². The molecule has 33 heavy (non-hydrogen) atoms.